The normalized spacial score (nSPS) is 16.1. The molecule has 13 nitrogen and oxygen atoms in total. The Morgan fingerprint density at radius 3 is 2.27 bits per heavy atom. The number of anilines is 1. The number of carbonyl (C=O) groups excluding carboxylic acids is 4. The molecule has 2 atom stereocenters. The fourth-order valence-corrected chi connectivity index (χ4v) is 7.00. The molecule has 296 valence electrons. The Labute approximate surface area is 331 Å². The van der Waals surface area contributed by atoms with Crippen LogP contribution in [0.5, 0.6) is 11.5 Å². The maximum atomic E-state index is 13.1. The number of alkyl halides is 1. The molecule has 6 rings (SSSR count). The van der Waals surface area contributed by atoms with Crippen molar-refractivity contribution >= 4 is 40.9 Å². The molecule has 3 heterocycles. The molecular weight excluding hydrogens is 736 g/mol. The number of aromatic nitrogens is 3. The Morgan fingerprint density at radius 2 is 1.57 bits per heavy atom. The van der Waals surface area contributed by atoms with Crippen LogP contribution < -0.4 is 20.1 Å². The Hall–Kier alpha value is -5.27. The van der Waals surface area contributed by atoms with Gasteiger partial charge in [-0.3, -0.25) is 34.1 Å². The number of halogens is 1. The number of ether oxygens (including phenoxy) is 2. The lowest BCUT2D eigenvalue weighted by molar-refractivity contribution is -0.136. The van der Waals surface area contributed by atoms with Gasteiger partial charge >= 0.3 is 0 Å². The zero-order chi connectivity index (χ0) is 39.7. The highest BCUT2D eigenvalue weighted by Crippen LogP contribution is 2.34. The van der Waals surface area contributed by atoms with Gasteiger partial charge in [0.1, 0.15) is 30.3 Å². The second kappa shape index (κ2) is 18.6. The number of unbranched alkanes of at least 4 members (excludes halogenated alkanes) is 3. The van der Waals surface area contributed by atoms with Crippen LogP contribution >= 0.6 is 11.6 Å². The van der Waals surface area contributed by atoms with Crippen LogP contribution in [0.3, 0.4) is 0 Å². The summed E-state index contributed by atoms with van der Waals surface area (Å²) in [6.45, 7) is 6.49. The van der Waals surface area contributed by atoms with E-state index in [-0.39, 0.29) is 41.9 Å². The van der Waals surface area contributed by atoms with Gasteiger partial charge in [0.2, 0.25) is 11.8 Å². The molecule has 1 unspecified atom stereocenters. The third kappa shape index (κ3) is 9.93. The molecule has 4 aromatic rings. The second-order valence-electron chi connectivity index (χ2n) is 14.8. The molecule has 4 amide bonds. The Bertz CT molecular complexity index is 2000. The quantitative estimate of drug-likeness (QED) is 0.0578. The fraction of sp³-hybridized carbons (Fsp3) is 0.429. The van der Waals surface area contributed by atoms with Crippen LogP contribution in [0.2, 0.25) is 0 Å². The summed E-state index contributed by atoms with van der Waals surface area (Å²) in [4.78, 5) is 50.8. The number of amides is 4. The third-order valence-electron chi connectivity index (χ3n) is 10.3. The predicted octanol–water partition coefficient (Wildman–Crippen LogP) is 5.67. The number of aliphatic hydroxyl groups excluding tert-OH is 1. The maximum Gasteiger partial charge on any atom is 0.262 e. The van der Waals surface area contributed by atoms with E-state index in [1.54, 1.807) is 18.2 Å². The van der Waals surface area contributed by atoms with E-state index < -0.39 is 35.8 Å². The lowest BCUT2D eigenvalue weighted by Gasteiger charge is -2.27. The summed E-state index contributed by atoms with van der Waals surface area (Å²) in [5.41, 5.74) is 4.29. The Morgan fingerprint density at radius 1 is 0.893 bits per heavy atom. The number of aryl methyl sites for hydroxylation is 2. The first kappa shape index (κ1) is 40.4. The lowest BCUT2D eigenvalue weighted by atomic mass is 9.78. The highest BCUT2D eigenvalue weighted by atomic mass is 35.5. The molecule has 0 saturated carbocycles. The Kier molecular flexibility index (Phi) is 13.4. The van der Waals surface area contributed by atoms with Crippen LogP contribution in [0, 0.1) is 0 Å². The van der Waals surface area contributed by atoms with Crippen LogP contribution in [0.4, 0.5) is 5.69 Å². The Balaban J connectivity index is 0.841. The average Bonchev–Trinajstić information content (AvgIpc) is 3.76. The number of aliphatic hydroxyl groups is 1. The monoisotopic (exact) mass is 784 g/mol. The topological polar surface area (TPSA) is 165 Å². The van der Waals surface area contributed by atoms with Gasteiger partial charge in [-0.05, 0) is 85.7 Å². The number of carbonyl (C=O) groups is 4. The summed E-state index contributed by atoms with van der Waals surface area (Å²) >= 11 is 5.65. The average molecular weight is 785 g/mol. The van der Waals surface area contributed by atoms with E-state index in [1.807, 2.05) is 47.3 Å². The first-order chi connectivity index (χ1) is 27.0. The van der Waals surface area contributed by atoms with Gasteiger partial charge in [-0.15, -0.1) is 16.7 Å². The number of piperidine rings is 1. The van der Waals surface area contributed by atoms with Gasteiger partial charge in [0.15, 0.2) is 0 Å². The van der Waals surface area contributed by atoms with E-state index in [9.17, 15) is 24.3 Å². The summed E-state index contributed by atoms with van der Waals surface area (Å²) in [6.07, 6.45) is 7.25. The molecule has 1 aromatic heterocycles. The lowest BCUT2D eigenvalue weighted by Crippen LogP contribution is -2.54. The summed E-state index contributed by atoms with van der Waals surface area (Å²) in [6, 6.07) is 20.2. The molecule has 0 bridgehead atoms. The van der Waals surface area contributed by atoms with Crippen molar-refractivity contribution in [2.45, 2.75) is 89.3 Å². The van der Waals surface area contributed by atoms with Gasteiger partial charge in [0.05, 0.1) is 29.3 Å². The molecule has 56 heavy (non-hydrogen) atoms. The number of nitrogens with zero attached hydrogens (tertiary/aromatic N) is 4. The minimum absolute atomic E-state index is 0.0819. The molecule has 1 saturated heterocycles. The van der Waals surface area contributed by atoms with Gasteiger partial charge in [-0.2, -0.15) is 0 Å². The summed E-state index contributed by atoms with van der Waals surface area (Å²) in [5, 5.41) is 23.7. The van der Waals surface area contributed by atoms with E-state index in [1.165, 1.54) is 5.56 Å². The molecule has 2 aliphatic heterocycles. The van der Waals surface area contributed by atoms with Crippen molar-refractivity contribution in [1.82, 2.24) is 25.2 Å². The molecule has 0 spiro atoms. The number of fused-ring (bicyclic) bond motifs is 1. The van der Waals surface area contributed by atoms with Crippen molar-refractivity contribution in [3.05, 3.63) is 101 Å². The fourth-order valence-electron chi connectivity index (χ4n) is 6.91. The van der Waals surface area contributed by atoms with E-state index >= 15 is 0 Å². The van der Waals surface area contributed by atoms with Gasteiger partial charge in [-0.1, -0.05) is 56.2 Å². The number of hydrogen-bond donors (Lipinski definition) is 3. The summed E-state index contributed by atoms with van der Waals surface area (Å²) in [7, 11) is 0. The first-order valence-electron chi connectivity index (χ1n) is 19.2. The smallest absolute Gasteiger partial charge is 0.262 e. The van der Waals surface area contributed by atoms with Crippen molar-refractivity contribution < 1.29 is 33.8 Å². The van der Waals surface area contributed by atoms with E-state index in [2.05, 4.69) is 46.9 Å². The molecule has 0 radical (unpaired) electrons. The van der Waals surface area contributed by atoms with Crippen LogP contribution in [-0.2, 0) is 28.0 Å². The minimum atomic E-state index is -0.984. The van der Waals surface area contributed by atoms with Crippen LogP contribution in [-0.4, -0.2) is 86.4 Å². The van der Waals surface area contributed by atoms with Crippen molar-refractivity contribution in [2.75, 3.05) is 31.0 Å². The third-order valence-corrected chi connectivity index (χ3v) is 10.6. The van der Waals surface area contributed by atoms with E-state index in [4.69, 9.17) is 21.1 Å². The van der Waals surface area contributed by atoms with Crippen molar-refractivity contribution in [1.29, 1.82) is 0 Å². The molecular formula is C42H49ClN6O7. The van der Waals surface area contributed by atoms with Crippen molar-refractivity contribution in [3.8, 4) is 11.5 Å². The summed E-state index contributed by atoms with van der Waals surface area (Å²) in [5.74, 6) is -0.377. The molecule has 3 aromatic carbocycles. The minimum Gasteiger partial charge on any atom is -0.494 e. The van der Waals surface area contributed by atoms with Gasteiger partial charge in [-0.25, -0.2) is 0 Å². The van der Waals surface area contributed by atoms with Gasteiger partial charge in [0.25, 0.3) is 11.8 Å². The number of imide groups is 2. The predicted molar refractivity (Wildman–Crippen MR) is 211 cm³/mol. The SMILES string of the molecule is CC(C)(c1ccc(OCCCCCCc2cn(CCCNc3ccc4c(c3)C(=O)N(C3CCC(=O)NC3=O)C4=O)nn2)cc1)c1ccc(OC[C@H](O)CCl)cc1. The van der Waals surface area contributed by atoms with Gasteiger partial charge in [0, 0.05) is 36.8 Å². The van der Waals surface area contributed by atoms with Crippen LogP contribution in [0.25, 0.3) is 0 Å². The van der Waals surface area contributed by atoms with Crippen LogP contribution in [0.15, 0.2) is 72.9 Å². The van der Waals surface area contributed by atoms with Gasteiger partial charge < -0.3 is 19.9 Å². The number of nitrogens with one attached hydrogen (secondary N) is 2. The van der Waals surface area contributed by atoms with E-state index in [0.717, 1.165) is 60.4 Å². The molecule has 0 aliphatic carbocycles. The highest BCUT2D eigenvalue weighted by molar-refractivity contribution is 6.23. The largest absolute Gasteiger partial charge is 0.494 e. The zero-order valence-electron chi connectivity index (χ0n) is 31.8. The highest BCUT2D eigenvalue weighted by Gasteiger charge is 2.44. The molecule has 1 fully saturated rings. The number of hydrogen-bond acceptors (Lipinski definition) is 10. The van der Waals surface area contributed by atoms with Crippen LogP contribution in [0.1, 0.15) is 96.3 Å². The van der Waals surface area contributed by atoms with E-state index in [0.29, 0.717) is 31.1 Å². The van der Waals surface area contributed by atoms with Crippen molar-refractivity contribution in [3.63, 3.8) is 0 Å². The molecule has 14 heteroatoms. The summed E-state index contributed by atoms with van der Waals surface area (Å²) < 4.78 is 13.5. The second-order valence-corrected chi connectivity index (χ2v) is 15.1. The first-order valence-corrected chi connectivity index (χ1v) is 19.8. The number of benzene rings is 3. The maximum absolute atomic E-state index is 13.1. The van der Waals surface area contributed by atoms with Crippen molar-refractivity contribution in [2.24, 2.45) is 0 Å². The number of rotatable bonds is 20. The molecule has 2 aliphatic rings. The standard InChI is InChI=1S/C42H49ClN6O7/c1-42(2,29-11-16-34(17-12-29)56-27-32(50)25-43)28-9-14-33(15-10-28)55-23-6-4-3-5-8-31-26-48(47-46-31)22-7-21-44-30-13-18-35-36(24-30)41(54)49(40(35)53)37-19-20-38(51)45-39(37)52/h9-18,24,26,32,37,44,50H,3-8,19-23,25,27H2,1-2H3,(H,45,51,52)/t32-,37?/m1/s1. The molecule has 3 N–H and O–H groups in total. The zero-order valence-corrected chi connectivity index (χ0v) is 32.6.